The molecule has 2 aromatic carbocycles. The summed E-state index contributed by atoms with van der Waals surface area (Å²) in [7, 11) is -3.50. The first kappa shape index (κ1) is 22.5. The maximum atomic E-state index is 13.0. The van der Waals surface area contributed by atoms with Gasteiger partial charge in [0.15, 0.2) is 6.04 Å². The van der Waals surface area contributed by atoms with Crippen molar-refractivity contribution < 1.29 is 18.1 Å². The fraction of sp³-hybridized carbons (Fsp3) is 0.435. The van der Waals surface area contributed by atoms with E-state index in [2.05, 4.69) is 17.4 Å². The highest BCUT2D eigenvalue weighted by molar-refractivity contribution is 7.89. The number of sulfonamides is 1. The molecule has 0 aliphatic carbocycles. The molecule has 30 heavy (non-hydrogen) atoms. The number of piperazine rings is 1. The van der Waals surface area contributed by atoms with Crippen molar-refractivity contribution in [2.75, 3.05) is 32.7 Å². The smallest absolute Gasteiger partial charge is 0.278 e. The first-order valence-electron chi connectivity index (χ1n) is 10.5. The fourth-order valence-corrected chi connectivity index (χ4v) is 5.31. The van der Waals surface area contributed by atoms with Crippen LogP contribution in [0.2, 0.25) is 0 Å². The summed E-state index contributed by atoms with van der Waals surface area (Å²) in [6.45, 7) is 8.51. The Hall–Kier alpha value is -2.22. The number of rotatable bonds is 7. The number of hydrogen-bond acceptors (Lipinski definition) is 3. The van der Waals surface area contributed by atoms with E-state index in [9.17, 15) is 13.2 Å². The number of carbonyl (C=O) groups excluding carboxylic acids is 1. The third kappa shape index (κ3) is 5.28. The Labute approximate surface area is 179 Å². The normalized spacial score (nSPS) is 16.9. The minimum absolute atomic E-state index is 0.0198. The van der Waals surface area contributed by atoms with Crippen molar-refractivity contribution in [2.24, 2.45) is 0 Å². The average molecular weight is 431 g/mol. The highest BCUT2D eigenvalue weighted by Crippen LogP contribution is 2.19. The number of nitrogens with one attached hydrogen (secondary N) is 2. The fourth-order valence-electron chi connectivity index (χ4n) is 3.78. The predicted octanol–water partition coefficient (Wildman–Crippen LogP) is 0.940. The third-order valence-electron chi connectivity index (χ3n) is 6.04. The van der Waals surface area contributed by atoms with Gasteiger partial charge in [0.2, 0.25) is 10.0 Å². The SMILES string of the molecule is Cc1ccc(S(=O)(=O)N2CC[NH+]([C@H](C)C(=O)NCCc3ccccc3)CC2)cc1C. The van der Waals surface area contributed by atoms with Crippen molar-refractivity contribution in [1.82, 2.24) is 9.62 Å². The molecule has 1 atom stereocenters. The van der Waals surface area contributed by atoms with E-state index in [4.69, 9.17) is 0 Å². The van der Waals surface area contributed by atoms with Crippen molar-refractivity contribution >= 4 is 15.9 Å². The van der Waals surface area contributed by atoms with E-state index in [1.807, 2.05) is 45.0 Å². The Bertz CT molecular complexity index is 968. The number of amides is 1. The second-order valence-electron chi connectivity index (χ2n) is 8.06. The minimum atomic E-state index is -3.50. The summed E-state index contributed by atoms with van der Waals surface area (Å²) in [5, 5.41) is 3.02. The summed E-state index contributed by atoms with van der Waals surface area (Å²) < 4.78 is 27.5. The van der Waals surface area contributed by atoms with E-state index in [0.717, 1.165) is 22.4 Å². The van der Waals surface area contributed by atoms with Gasteiger partial charge in [-0.2, -0.15) is 4.31 Å². The van der Waals surface area contributed by atoms with Gasteiger partial charge in [0.25, 0.3) is 5.91 Å². The molecule has 0 saturated carbocycles. The monoisotopic (exact) mass is 430 g/mol. The summed E-state index contributed by atoms with van der Waals surface area (Å²) in [5.74, 6) is 0.0198. The molecule has 0 spiro atoms. The van der Waals surface area contributed by atoms with Crippen LogP contribution in [0.1, 0.15) is 23.6 Å². The molecule has 0 aromatic heterocycles. The van der Waals surface area contributed by atoms with E-state index in [1.54, 1.807) is 16.4 Å². The van der Waals surface area contributed by atoms with Crippen molar-refractivity contribution in [3.8, 4) is 0 Å². The van der Waals surface area contributed by atoms with E-state index < -0.39 is 10.0 Å². The second kappa shape index (κ2) is 9.73. The highest BCUT2D eigenvalue weighted by atomic mass is 32.2. The van der Waals surface area contributed by atoms with Crippen LogP contribution < -0.4 is 10.2 Å². The topological polar surface area (TPSA) is 70.9 Å². The van der Waals surface area contributed by atoms with Crippen molar-refractivity contribution in [3.05, 3.63) is 65.2 Å². The molecular formula is C23H32N3O3S+. The van der Waals surface area contributed by atoms with Gasteiger partial charge in [0, 0.05) is 6.54 Å². The summed E-state index contributed by atoms with van der Waals surface area (Å²) in [5.41, 5.74) is 3.25. The number of carbonyl (C=O) groups is 1. The Morgan fingerprint density at radius 2 is 1.73 bits per heavy atom. The van der Waals surface area contributed by atoms with Crippen molar-refractivity contribution in [3.63, 3.8) is 0 Å². The van der Waals surface area contributed by atoms with Crippen LogP contribution in [0.3, 0.4) is 0 Å². The zero-order chi connectivity index (χ0) is 21.7. The van der Waals surface area contributed by atoms with Gasteiger partial charge in [-0.25, -0.2) is 8.42 Å². The largest absolute Gasteiger partial charge is 0.351 e. The van der Waals surface area contributed by atoms with E-state index in [-0.39, 0.29) is 11.9 Å². The molecule has 1 aliphatic heterocycles. The molecule has 2 N–H and O–H groups in total. The standard InChI is InChI=1S/C23H31N3O3S/c1-18-9-10-22(17-19(18)2)30(28,29)26-15-13-25(14-16-26)20(3)23(27)24-12-11-21-7-5-4-6-8-21/h4-10,17,20H,11-16H2,1-3H3,(H,24,27)/p+1/t20-/m1/s1. The van der Waals surface area contributed by atoms with Gasteiger partial charge < -0.3 is 10.2 Å². The Kier molecular flexibility index (Phi) is 7.28. The predicted molar refractivity (Wildman–Crippen MR) is 118 cm³/mol. The van der Waals surface area contributed by atoms with Gasteiger partial charge in [-0.1, -0.05) is 36.4 Å². The number of benzene rings is 2. The van der Waals surface area contributed by atoms with E-state index in [0.29, 0.717) is 37.6 Å². The van der Waals surface area contributed by atoms with Crippen LogP contribution in [0.25, 0.3) is 0 Å². The Balaban J connectivity index is 1.51. The average Bonchev–Trinajstić information content (AvgIpc) is 2.75. The van der Waals surface area contributed by atoms with Gasteiger partial charge in [0.1, 0.15) is 0 Å². The number of aryl methyl sites for hydroxylation is 2. The quantitative estimate of drug-likeness (QED) is 0.687. The lowest BCUT2D eigenvalue weighted by Gasteiger charge is -2.34. The molecular weight excluding hydrogens is 398 g/mol. The van der Waals surface area contributed by atoms with Crippen LogP contribution in [0.5, 0.6) is 0 Å². The van der Waals surface area contributed by atoms with Crippen LogP contribution in [0.4, 0.5) is 0 Å². The molecule has 7 heteroatoms. The van der Waals surface area contributed by atoms with Crippen molar-refractivity contribution in [2.45, 2.75) is 38.1 Å². The summed E-state index contributed by atoms with van der Waals surface area (Å²) in [6.07, 6.45) is 0.802. The molecule has 0 radical (unpaired) electrons. The number of quaternary nitrogens is 1. The molecule has 1 saturated heterocycles. The van der Waals surface area contributed by atoms with Crippen LogP contribution in [-0.4, -0.2) is 57.4 Å². The summed E-state index contributed by atoms with van der Waals surface area (Å²) in [4.78, 5) is 14.0. The van der Waals surface area contributed by atoms with Gasteiger partial charge in [0.05, 0.1) is 31.1 Å². The minimum Gasteiger partial charge on any atom is -0.351 e. The van der Waals surface area contributed by atoms with Crippen LogP contribution in [0, 0.1) is 13.8 Å². The first-order valence-corrected chi connectivity index (χ1v) is 12.0. The molecule has 0 bridgehead atoms. The van der Waals surface area contributed by atoms with Crippen molar-refractivity contribution in [1.29, 1.82) is 0 Å². The zero-order valence-electron chi connectivity index (χ0n) is 18.0. The lowest BCUT2D eigenvalue weighted by atomic mass is 10.1. The number of nitrogens with zero attached hydrogens (tertiary/aromatic N) is 1. The van der Waals surface area contributed by atoms with Gasteiger partial charge in [-0.3, -0.25) is 4.79 Å². The van der Waals surface area contributed by atoms with Gasteiger partial charge in [-0.05, 0) is 56.0 Å². The molecule has 1 amide bonds. The molecule has 1 aliphatic rings. The molecule has 3 rings (SSSR count). The van der Waals surface area contributed by atoms with Crippen LogP contribution >= 0.6 is 0 Å². The van der Waals surface area contributed by atoms with Gasteiger partial charge >= 0.3 is 0 Å². The third-order valence-corrected chi connectivity index (χ3v) is 7.94. The number of hydrogen-bond donors (Lipinski definition) is 2. The maximum Gasteiger partial charge on any atom is 0.278 e. The van der Waals surface area contributed by atoms with Crippen LogP contribution in [-0.2, 0) is 21.2 Å². The second-order valence-corrected chi connectivity index (χ2v) is 9.99. The maximum absolute atomic E-state index is 13.0. The lowest BCUT2D eigenvalue weighted by molar-refractivity contribution is -0.917. The zero-order valence-corrected chi connectivity index (χ0v) is 18.8. The molecule has 1 heterocycles. The molecule has 1 fully saturated rings. The van der Waals surface area contributed by atoms with Gasteiger partial charge in [-0.15, -0.1) is 0 Å². The highest BCUT2D eigenvalue weighted by Gasteiger charge is 2.34. The Morgan fingerprint density at radius 1 is 1.07 bits per heavy atom. The molecule has 2 aromatic rings. The van der Waals surface area contributed by atoms with Crippen LogP contribution in [0.15, 0.2) is 53.4 Å². The van der Waals surface area contributed by atoms with E-state index >= 15 is 0 Å². The summed E-state index contributed by atoms with van der Waals surface area (Å²) >= 11 is 0. The summed E-state index contributed by atoms with van der Waals surface area (Å²) in [6, 6.07) is 15.1. The van der Waals surface area contributed by atoms with E-state index in [1.165, 1.54) is 5.56 Å². The first-order chi connectivity index (χ1) is 14.3. The Morgan fingerprint density at radius 3 is 2.37 bits per heavy atom. The molecule has 0 unspecified atom stereocenters. The molecule has 6 nitrogen and oxygen atoms in total. The lowest BCUT2D eigenvalue weighted by Crippen LogP contribution is -3.19. The molecule has 162 valence electrons.